The van der Waals surface area contributed by atoms with Crippen molar-refractivity contribution in [1.29, 1.82) is 0 Å². The third-order valence-corrected chi connectivity index (χ3v) is 12.3. The van der Waals surface area contributed by atoms with E-state index in [1.165, 1.54) is 0 Å². The number of hydrogen-bond acceptors (Lipinski definition) is 10. The summed E-state index contributed by atoms with van der Waals surface area (Å²) in [4.78, 5) is 50.7. The number of cyclic esters (lactones) is 1. The molecule has 0 saturated carbocycles. The Morgan fingerprint density at radius 3 is 1.70 bits per heavy atom. The highest BCUT2D eigenvalue weighted by Crippen LogP contribution is 2.43. The Balaban J connectivity index is 0.000000194. The van der Waals surface area contributed by atoms with Crippen molar-refractivity contribution in [1.82, 2.24) is 35.7 Å². The number of hydrogen-bond donors (Lipinski definition) is 5. The van der Waals surface area contributed by atoms with E-state index in [2.05, 4.69) is 67.3 Å². The first-order valence-corrected chi connectivity index (χ1v) is 22.8. The molecular weight excluding hydrogens is 867 g/mol. The minimum absolute atomic E-state index is 0.0280. The number of aliphatic hydroxyl groups excluding tert-OH is 1. The van der Waals surface area contributed by atoms with Gasteiger partial charge < -0.3 is 26.2 Å². The van der Waals surface area contributed by atoms with Gasteiger partial charge in [0.2, 0.25) is 11.8 Å². The average molecular weight is 918 g/mol. The summed E-state index contributed by atoms with van der Waals surface area (Å²) in [6.45, 7) is 4.09. The van der Waals surface area contributed by atoms with Gasteiger partial charge in [0.05, 0.1) is 71.8 Å². The molecule has 10 rings (SSSR count). The number of benzene rings is 5. The molecule has 14 heteroatoms. The molecule has 0 saturated heterocycles. The second-order valence-corrected chi connectivity index (χ2v) is 16.9. The molecule has 0 aliphatic carbocycles. The first-order valence-electron chi connectivity index (χ1n) is 22.8. The topological polar surface area (TPSA) is 199 Å². The van der Waals surface area contributed by atoms with Crippen LogP contribution in [0.15, 0.2) is 169 Å². The Morgan fingerprint density at radius 1 is 0.725 bits per heavy atom. The van der Waals surface area contributed by atoms with Crippen LogP contribution in [0.2, 0.25) is 0 Å². The Labute approximate surface area is 399 Å². The van der Waals surface area contributed by atoms with Gasteiger partial charge >= 0.3 is 6.09 Å². The third kappa shape index (κ3) is 9.56. The van der Waals surface area contributed by atoms with E-state index in [4.69, 9.17) is 15.6 Å². The van der Waals surface area contributed by atoms with Crippen molar-refractivity contribution >= 4 is 40.5 Å². The van der Waals surface area contributed by atoms with Crippen LogP contribution in [0.4, 0.5) is 10.6 Å². The van der Waals surface area contributed by atoms with Gasteiger partial charge in [0.25, 0.3) is 0 Å². The largest absolute Gasteiger partial charge is 0.443 e. The molecule has 2 atom stereocenters. The van der Waals surface area contributed by atoms with Gasteiger partial charge in [0, 0.05) is 5.56 Å². The second-order valence-electron chi connectivity index (χ2n) is 16.9. The van der Waals surface area contributed by atoms with Crippen molar-refractivity contribution in [2.45, 2.75) is 64.1 Å². The SMILES string of the molecule is C[C@@H](NC(=O)Cc1cc2c(c(N)nn2C(c2ccccc2)(c2ccccc2)c2ccccc2)c(CO)n1)c1ccccc1.C[C@@H](NC(=O)Cc1cc2c3c(n1)COC(=O)NC3=NC2)c1ccccc1. The van der Waals surface area contributed by atoms with E-state index >= 15 is 0 Å². The fourth-order valence-electron chi connectivity index (χ4n) is 9.17. The van der Waals surface area contributed by atoms with Gasteiger partial charge in [-0.1, -0.05) is 152 Å². The van der Waals surface area contributed by atoms with Gasteiger partial charge in [-0.15, -0.1) is 0 Å². The van der Waals surface area contributed by atoms with Gasteiger partial charge in [-0.3, -0.25) is 29.9 Å². The zero-order valence-corrected chi connectivity index (χ0v) is 38.2. The second kappa shape index (κ2) is 20.2. The van der Waals surface area contributed by atoms with Crippen LogP contribution in [0, 0.1) is 0 Å². The zero-order valence-electron chi connectivity index (χ0n) is 38.2. The minimum atomic E-state index is -0.922. The summed E-state index contributed by atoms with van der Waals surface area (Å²) in [5.74, 6) is 0.474. The number of fused-ring (bicyclic) bond motifs is 1. The molecule has 0 spiro atoms. The van der Waals surface area contributed by atoms with Gasteiger partial charge in [-0.25, -0.2) is 9.48 Å². The van der Waals surface area contributed by atoms with Gasteiger partial charge in [-0.05, 0) is 59.4 Å². The molecule has 0 radical (unpaired) electrons. The molecule has 0 unspecified atom stereocenters. The van der Waals surface area contributed by atoms with Crippen molar-refractivity contribution in [3.05, 3.63) is 226 Å². The molecule has 14 nitrogen and oxygen atoms in total. The number of nitrogens with one attached hydrogen (secondary N) is 3. The van der Waals surface area contributed by atoms with Crippen LogP contribution in [0.1, 0.15) is 87.7 Å². The van der Waals surface area contributed by atoms with E-state index in [0.29, 0.717) is 46.1 Å². The number of nitrogens with two attached hydrogens (primary N) is 1. The van der Waals surface area contributed by atoms with Crippen LogP contribution in [0.5, 0.6) is 0 Å². The fourth-order valence-corrected chi connectivity index (χ4v) is 9.17. The molecule has 5 heterocycles. The van der Waals surface area contributed by atoms with E-state index < -0.39 is 11.6 Å². The van der Waals surface area contributed by atoms with E-state index in [9.17, 15) is 19.5 Å². The van der Waals surface area contributed by atoms with Gasteiger partial charge in [0.1, 0.15) is 18.0 Å². The first-order chi connectivity index (χ1) is 33.6. The van der Waals surface area contributed by atoms with E-state index in [1.54, 1.807) is 0 Å². The van der Waals surface area contributed by atoms with Crippen LogP contribution in [-0.4, -0.2) is 48.6 Å². The molecule has 5 aromatic carbocycles. The fraction of sp³-hybridized carbons (Fsp3) is 0.182. The number of pyridine rings is 2. The standard InChI is InChI=1S/C36H33N5O2.C19H18N4O3/c1-25(26-14-6-2-7-15-26)38-33(43)23-30-22-32-34(31(24-42)39-30)35(37)40-41(32)36(27-16-8-3-9-17-27,28-18-10-4-11-19-28)29-20-12-5-13-21-29;1-11(12-5-3-2-4-6-12)21-16(24)8-14-7-13-9-20-18-17(13)15(22-14)10-26-19(25)23-18/h2-22,25,42H,23-24H2,1H3,(H2,37,40)(H,38,43);2-7,11H,8-10H2,1H3,(H,21,24)(H,20,23,25)/t25-;11-/m11/s1. The van der Waals surface area contributed by atoms with Crippen LogP contribution in [0.25, 0.3) is 10.9 Å². The van der Waals surface area contributed by atoms with Crippen molar-refractivity contribution in [2.24, 2.45) is 4.99 Å². The van der Waals surface area contributed by atoms with Crippen LogP contribution < -0.4 is 21.7 Å². The number of carbonyl (C=O) groups excluding carboxylic acids is 3. The van der Waals surface area contributed by atoms with Crippen molar-refractivity contribution < 1.29 is 24.2 Å². The summed E-state index contributed by atoms with van der Waals surface area (Å²) in [6.07, 6.45) is -0.348. The summed E-state index contributed by atoms with van der Waals surface area (Å²) in [7, 11) is 0. The molecule has 2 aliphatic heterocycles. The summed E-state index contributed by atoms with van der Waals surface area (Å²) in [5.41, 5.74) is 15.3. The van der Waals surface area contributed by atoms with E-state index in [-0.39, 0.29) is 55.8 Å². The van der Waals surface area contributed by atoms with Crippen LogP contribution in [0.3, 0.4) is 0 Å². The number of aliphatic hydroxyl groups is 1. The Kier molecular flexibility index (Phi) is 13.3. The molecule has 8 aromatic rings. The summed E-state index contributed by atoms with van der Waals surface area (Å²) in [6, 6.07) is 53.6. The number of carbonyl (C=O) groups is 3. The molecule has 3 amide bonds. The number of nitrogens with zero attached hydrogens (tertiary/aromatic N) is 5. The molecule has 69 heavy (non-hydrogen) atoms. The maximum Gasteiger partial charge on any atom is 0.413 e. The molecule has 2 aliphatic rings. The number of ether oxygens (including phenoxy) is 1. The lowest BCUT2D eigenvalue weighted by molar-refractivity contribution is -0.122. The highest BCUT2D eigenvalue weighted by molar-refractivity contribution is 6.10. The number of amides is 3. The monoisotopic (exact) mass is 917 g/mol. The predicted molar refractivity (Wildman–Crippen MR) is 264 cm³/mol. The highest BCUT2D eigenvalue weighted by atomic mass is 16.5. The van der Waals surface area contributed by atoms with Crippen LogP contribution in [-0.2, 0) is 52.5 Å². The van der Waals surface area contributed by atoms with Crippen LogP contribution >= 0.6 is 0 Å². The zero-order chi connectivity index (χ0) is 47.9. The predicted octanol–water partition coefficient (Wildman–Crippen LogP) is 7.77. The summed E-state index contributed by atoms with van der Waals surface area (Å²) >= 11 is 0. The molecule has 0 fully saturated rings. The van der Waals surface area contributed by atoms with Crippen molar-refractivity contribution in [3.63, 3.8) is 0 Å². The van der Waals surface area contributed by atoms with Gasteiger partial charge in [0.15, 0.2) is 5.82 Å². The Bertz CT molecular complexity index is 3050. The highest BCUT2D eigenvalue weighted by Gasteiger charge is 2.41. The first kappa shape index (κ1) is 45.7. The number of anilines is 1. The smallest absolute Gasteiger partial charge is 0.413 e. The normalized spacial score (nSPS) is 13.6. The lowest BCUT2D eigenvalue weighted by Crippen LogP contribution is -2.38. The third-order valence-electron chi connectivity index (χ3n) is 12.3. The summed E-state index contributed by atoms with van der Waals surface area (Å²) in [5, 5.41) is 24.6. The lowest BCUT2D eigenvalue weighted by atomic mass is 9.77. The molecule has 6 N–H and O–H groups in total. The maximum absolute atomic E-state index is 13.2. The number of aromatic nitrogens is 4. The minimum Gasteiger partial charge on any atom is -0.443 e. The van der Waals surface area contributed by atoms with Gasteiger partial charge in [-0.2, -0.15) is 5.10 Å². The molecule has 346 valence electrons. The quantitative estimate of drug-likeness (QED) is 0.0718. The molecular formula is C55H51N9O5. The molecule has 3 aromatic heterocycles. The van der Waals surface area contributed by atoms with E-state index in [0.717, 1.165) is 38.9 Å². The van der Waals surface area contributed by atoms with Crippen molar-refractivity contribution in [2.75, 3.05) is 5.73 Å². The maximum atomic E-state index is 13.2. The van der Waals surface area contributed by atoms with Crippen molar-refractivity contribution in [3.8, 4) is 0 Å². The summed E-state index contributed by atoms with van der Waals surface area (Å²) < 4.78 is 7.00. The number of amidine groups is 1. The number of nitrogen functional groups attached to an aromatic ring is 1. The Hall–Kier alpha value is -8.49. The number of rotatable bonds is 13. The number of alkyl carbamates (subject to hydrolysis) is 1. The van der Waals surface area contributed by atoms with E-state index in [1.807, 2.05) is 146 Å². The average Bonchev–Trinajstić information content (AvgIpc) is 3.89. The number of aliphatic imine (C=N–C) groups is 1. The molecule has 0 bridgehead atoms. The lowest BCUT2D eigenvalue weighted by Gasteiger charge is -2.37. The Morgan fingerprint density at radius 2 is 1.20 bits per heavy atom.